The van der Waals surface area contributed by atoms with E-state index in [2.05, 4.69) is 62.0 Å². The first-order valence-corrected chi connectivity index (χ1v) is 13.8. The summed E-state index contributed by atoms with van der Waals surface area (Å²) in [5.74, 6) is 0.417. The van der Waals surface area contributed by atoms with Gasteiger partial charge in [-0.05, 0) is 75.8 Å². The molecule has 2 aliphatic rings. The molecule has 0 saturated carbocycles. The lowest BCUT2D eigenvalue weighted by atomic mass is 9.62. The van der Waals surface area contributed by atoms with Crippen LogP contribution in [0.2, 0.25) is 0 Å². The Morgan fingerprint density at radius 2 is 1.76 bits per heavy atom. The first-order valence-electron chi connectivity index (χ1n) is 13.8. The van der Waals surface area contributed by atoms with Crippen LogP contribution in [-0.4, -0.2) is 75.5 Å². The predicted octanol–water partition coefficient (Wildman–Crippen LogP) is 4.70. The van der Waals surface area contributed by atoms with Crippen LogP contribution in [0.3, 0.4) is 0 Å². The Bertz CT molecular complexity index is 1140. The Kier molecular flexibility index (Phi) is 7.69. The number of hydrogen-bond acceptors (Lipinski definition) is 6. The van der Waals surface area contributed by atoms with Crippen LogP contribution in [-0.2, 0) is 16.8 Å². The highest BCUT2D eigenvalue weighted by atomic mass is 16.6. The molecule has 7 nitrogen and oxygen atoms in total. The van der Waals surface area contributed by atoms with Crippen molar-refractivity contribution in [1.82, 2.24) is 14.8 Å². The van der Waals surface area contributed by atoms with Gasteiger partial charge >= 0.3 is 6.09 Å². The number of aliphatic hydroxyl groups is 2. The third-order valence-corrected chi connectivity index (χ3v) is 8.18. The molecule has 1 amide bonds. The minimum absolute atomic E-state index is 0.256. The van der Waals surface area contributed by atoms with Gasteiger partial charge in [-0.25, -0.2) is 4.79 Å². The summed E-state index contributed by atoms with van der Waals surface area (Å²) in [5, 5.41) is 23.7. The number of aryl methyl sites for hydroxylation is 1. The van der Waals surface area contributed by atoms with Gasteiger partial charge in [-0.15, -0.1) is 0 Å². The largest absolute Gasteiger partial charge is 0.444 e. The highest BCUT2D eigenvalue weighted by Crippen LogP contribution is 2.50. The average Bonchev–Trinajstić information content (AvgIpc) is 3.23. The SMILES string of the molecule is CC(C)c1ccc(C(O)(c2cncc(CCC3(O)CCN(C(=O)OC(C)(C)C)C3)c2)C2(C)CN(C)C2)cc1. The molecule has 2 aromatic rings. The van der Waals surface area contributed by atoms with Gasteiger partial charge in [0.2, 0.25) is 0 Å². The molecule has 208 valence electrons. The lowest BCUT2D eigenvalue weighted by Crippen LogP contribution is -2.63. The van der Waals surface area contributed by atoms with E-state index in [1.807, 2.05) is 33.0 Å². The number of pyridine rings is 1. The number of nitrogens with zero attached hydrogens (tertiary/aromatic N) is 3. The molecule has 2 unspecified atom stereocenters. The van der Waals surface area contributed by atoms with Crippen LogP contribution < -0.4 is 0 Å². The highest BCUT2D eigenvalue weighted by Gasteiger charge is 2.55. The lowest BCUT2D eigenvalue weighted by Gasteiger charge is -2.56. The van der Waals surface area contributed by atoms with Crippen LogP contribution in [0.25, 0.3) is 0 Å². The number of likely N-dealkylation sites (tertiary alicyclic amines) is 2. The molecule has 2 N–H and O–H groups in total. The third-order valence-electron chi connectivity index (χ3n) is 8.18. The van der Waals surface area contributed by atoms with Gasteiger partial charge in [-0.2, -0.15) is 0 Å². The van der Waals surface area contributed by atoms with Crippen molar-refractivity contribution in [3.05, 3.63) is 65.0 Å². The van der Waals surface area contributed by atoms with E-state index >= 15 is 0 Å². The van der Waals surface area contributed by atoms with E-state index in [1.54, 1.807) is 11.1 Å². The second-order valence-corrected chi connectivity index (χ2v) is 13.2. The van der Waals surface area contributed by atoms with Gasteiger partial charge in [0.25, 0.3) is 0 Å². The van der Waals surface area contributed by atoms with E-state index in [4.69, 9.17) is 4.74 Å². The molecule has 2 aliphatic heterocycles. The molecule has 2 fully saturated rings. The van der Waals surface area contributed by atoms with Crippen LogP contribution >= 0.6 is 0 Å². The zero-order valence-corrected chi connectivity index (χ0v) is 24.1. The molecule has 4 rings (SSSR count). The van der Waals surface area contributed by atoms with E-state index in [1.165, 1.54) is 5.56 Å². The molecule has 1 aromatic carbocycles. The molecule has 2 saturated heterocycles. The first kappa shape index (κ1) is 28.5. The number of aromatic nitrogens is 1. The van der Waals surface area contributed by atoms with Crippen LogP contribution in [0, 0.1) is 5.41 Å². The predicted molar refractivity (Wildman–Crippen MR) is 149 cm³/mol. The maximum absolute atomic E-state index is 12.5. The summed E-state index contributed by atoms with van der Waals surface area (Å²) >= 11 is 0. The fraction of sp³-hybridized carbons (Fsp3) is 0.613. The van der Waals surface area contributed by atoms with Gasteiger partial charge in [0.1, 0.15) is 11.2 Å². The van der Waals surface area contributed by atoms with Crippen LogP contribution in [0.4, 0.5) is 4.79 Å². The van der Waals surface area contributed by atoms with Gasteiger partial charge in [0.15, 0.2) is 0 Å². The number of benzene rings is 1. The number of ether oxygens (including phenoxy) is 1. The van der Waals surface area contributed by atoms with E-state index in [9.17, 15) is 15.0 Å². The molecule has 7 heteroatoms. The van der Waals surface area contributed by atoms with Crippen molar-refractivity contribution in [3.63, 3.8) is 0 Å². The maximum Gasteiger partial charge on any atom is 0.410 e. The van der Waals surface area contributed by atoms with Gasteiger partial charge in [0.05, 0.1) is 12.1 Å². The molecule has 0 spiro atoms. The molecule has 0 bridgehead atoms. The summed E-state index contributed by atoms with van der Waals surface area (Å²) in [6, 6.07) is 10.4. The minimum atomic E-state index is -1.20. The van der Waals surface area contributed by atoms with E-state index in [-0.39, 0.29) is 18.1 Å². The molecule has 0 aliphatic carbocycles. The Morgan fingerprint density at radius 1 is 1.11 bits per heavy atom. The topological polar surface area (TPSA) is 86.1 Å². The average molecular weight is 524 g/mol. The Morgan fingerprint density at radius 3 is 2.34 bits per heavy atom. The van der Waals surface area contributed by atoms with E-state index < -0.39 is 16.8 Å². The first-order chi connectivity index (χ1) is 17.6. The molecule has 2 atom stereocenters. The number of carbonyl (C=O) groups excluding carboxylic acids is 1. The highest BCUT2D eigenvalue weighted by molar-refractivity contribution is 5.68. The van der Waals surface area contributed by atoms with Crippen LogP contribution in [0.5, 0.6) is 0 Å². The van der Waals surface area contributed by atoms with Gasteiger partial charge in [0, 0.05) is 43.0 Å². The normalized spacial score (nSPS) is 23.3. The zero-order valence-electron chi connectivity index (χ0n) is 24.1. The van der Waals surface area contributed by atoms with Crippen molar-refractivity contribution in [2.24, 2.45) is 5.41 Å². The number of carbonyl (C=O) groups is 1. The summed E-state index contributed by atoms with van der Waals surface area (Å²) in [5.41, 5.74) is 0.745. The lowest BCUT2D eigenvalue weighted by molar-refractivity contribution is -0.127. The monoisotopic (exact) mass is 523 g/mol. The van der Waals surface area contributed by atoms with Crippen molar-refractivity contribution in [2.75, 3.05) is 33.2 Å². The van der Waals surface area contributed by atoms with Gasteiger partial charge in [-0.1, -0.05) is 45.0 Å². The number of amides is 1. The quantitative estimate of drug-likeness (QED) is 0.547. The number of rotatable bonds is 7. The van der Waals surface area contributed by atoms with E-state index in [0.717, 1.165) is 29.8 Å². The molecule has 3 heterocycles. The summed E-state index contributed by atoms with van der Waals surface area (Å²) in [4.78, 5) is 20.8. The maximum atomic E-state index is 12.5. The van der Waals surface area contributed by atoms with Crippen LogP contribution in [0.1, 0.15) is 82.6 Å². The van der Waals surface area contributed by atoms with E-state index in [0.29, 0.717) is 31.7 Å². The molecular weight excluding hydrogens is 478 g/mol. The Labute approximate surface area is 227 Å². The van der Waals surface area contributed by atoms with Gasteiger partial charge in [-0.3, -0.25) is 4.98 Å². The fourth-order valence-corrected chi connectivity index (χ4v) is 6.09. The van der Waals surface area contributed by atoms with Gasteiger partial charge < -0.3 is 24.7 Å². The summed E-state index contributed by atoms with van der Waals surface area (Å²) < 4.78 is 5.48. The zero-order chi connectivity index (χ0) is 27.9. The van der Waals surface area contributed by atoms with Crippen LogP contribution in [0.15, 0.2) is 42.7 Å². The second kappa shape index (κ2) is 10.2. The van der Waals surface area contributed by atoms with Crippen molar-refractivity contribution in [2.45, 2.75) is 83.5 Å². The van der Waals surface area contributed by atoms with Crippen molar-refractivity contribution >= 4 is 6.09 Å². The van der Waals surface area contributed by atoms with Crippen molar-refractivity contribution < 1.29 is 19.7 Å². The number of hydrogen-bond donors (Lipinski definition) is 2. The van der Waals surface area contributed by atoms with Crippen molar-refractivity contribution in [1.29, 1.82) is 0 Å². The molecule has 38 heavy (non-hydrogen) atoms. The van der Waals surface area contributed by atoms with Crippen molar-refractivity contribution in [3.8, 4) is 0 Å². The smallest absolute Gasteiger partial charge is 0.410 e. The summed E-state index contributed by atoms with van der Waals surface area (Å²) in [6.07, 6.45) is 4.81. The Hall–Kier alpha value is -2.48. The molecule has 1 aromatic heterocycles. The molecule has 0 radical (unpaired) electrons. The third kappa shape index (κ3) is 5.75. The standard InChI is InChI=1S/C31H45N3O4/c1-22(2)24-8-10-25(11-9-24)31(37,29(6)19-33(7)20-29)26-16-23(17-32-18-26)12-13-30(36)14-15-34(21-30)27(35)38-28(3,4)5/h8-11,16-18,22,36-37H,12-15,19-21H2,1-7H3. The summed E-state index contributed by atoms with van der Waals surface area (Å²) in [7, 11) is 2.07. The Balaban J connectivity index is 1.54. The summed E-state index contributed by atoms with van der Waals surface area (Å²) in [6.45, 7) is 14.3. The molecular formula is C31H45N3O4. The fourth-order valence-electron chi connectivity index (χ4n) is 6.09. The second-order valence-electron chi connectivity index (χ2n) is 13.2. The minimum Gasteiger partial charge on any atom is -0.444 e. The number of β-amino-alcohol motifs (C(OH)–C–C–N with tert-alkyl or cyclic N) is 1.